The van der Waals surface area contributed by atoms with Crippen LogP contribution < -0.4 is 14.8 Å². The number of rotatable bonds is 6. The molecule has 1 atom stereocenters. The van der Waals surface area contributed by atoms with Crippen molar-refractivity contribution in [1.29, 1.82) is 0 Å². The van der Waals surface area contributed by atoms with Crippen LogP contribution in [0.1, 0.15) is 36.4 Å². The molecule has 0 saturated heterocycles. The van der Waals surface area contributed by atoms with Crippen LogP contribution in [0, 0.1) is 13.8 Å². The Labute approximate surface area is 151 Å². The Bertz CT molecular complexity index is 740. The minimum absolute atomic E-state index is 0.0553. The monoisotopic (exact) mass is 362 g/mol. The highest BCUT2D eigenvalue weighted by molar-refractivity contribution is 7.99. The summed E-state index contributed by atoms with van der Waals surface area (Å²) in [4.78, 5) is 16.6. The second kappa shape index (κ2) is 7.82. The molecule has 1 aromatic carbocycles. The minimum atomic E-state index is -0.0723. The van der Waals surface area contributed by atoms with Crippen LogP contribution in [-0.4, -0.2) is 29.9 Å². The number of hydrogen-bond donors (Lipinski definition) is 1. The molecule has 1 N–H and O–H groups in total. The van der Waals surface area contributed by atoms with Crippen LogP contribution in [0.25, 0.3) is 0 Å². The molecule has 0 fully saturated rings. The zero-order valence-electron chi connectivity index (χ0n) is 14.6. The third-order valence-electron chi connectivity index (χ3n) is 4.05. The van der Waals surface area contributed by atoms with E-state index in [1.165, 1.54) is 11.8 Å². The average Bonchev–Trinajstić information content (AvgIpc) is 2.95. The molecule has 1 aromatic heterocycles. The average molecular weight is 362 g/mol. The Balaban J connectivity index is 1.60. The first kappa shape index (κ1) is 17.7. The van der Waals surface area contributed by atoms with Crippen LogP contribution >= 0.6 is 11.8 Å². The predicted molar refractivity (Wildman–Crippen MR) is 95.3 cm³/mol. The standard InChI is InChI=1S/C18H22N2O4S/c1-4-14(13-5-6-15-16(9-13)23-8-7-22-15)20-17(21)10-25-18-19-11(2)12(3)24-18/h5-6,9,14H,4,7-8,10H2,1-3H3,(H,20,21). The van der Waals surface area contributed by atoms with E-state index in [9.17, 15) is 4.79 Å². The van der Waals surface area contributed by atoms with Gasteiger partial charge >= 0.3 is 0 Å². The maximum absolute atomic E-state index is 12.3. The van der Waals surface area contributed by atoms with Crippen LogP contribution in [0.5, 0.6) is 11.5 Å². The molecule has 3 rings (SSSR count). The van der Waals surface area contributed by atoms with Crippen molar-refractivity contribution in [3.8, 4) is 11.5 Å². The van der Waals surface area contributed by atoms with E-state index in [1.54, 1.807) is 0 Å². The lowest BCUT2D eigenvalue weighted by Gasteiger charge is -2.22. The van der Waals surface area contributed by atoms with Gasteiger partial charge in [-0.3, -0.25) is 4.79 Å². The first-order chi connectivity index (χ1) is 12.1. The molecule has 25 heavy (non-hydrogen) atoms. The van der Waals surface area contributed by atoms with Crippen LogP contribution in [0.15, 0.2) is 27.8 Å². The number of amides is 1. The Hall–Kier alpha value is -2.15. The third kappa shape index (κ3) is 4.28. The fourth-order valence-electron chi connectivity index (χ4n) is 2.57. The lowest BCUT2D eigenvalue weighted by Crippen LogP contribution is -2.29. The molecule has 0 aliphatic carbocycles. The van der Waals surface area contributed by atoms with Crippen molar-refractivity contribution in [2.45, 2.75) is 38.5 Å². The number of aryl methyl sites for hydroxylation is 2. The molecule has 7 heteroatoms. The molecule has 0 bridgehead atoms. The summed E-state index contributed by atoms with van der Waals surface area (Å²) in [6.07, 6.45) is 0.785. The van der Waals surface area contributed by atoms with E-state index in [2.05, 4.69) is 10.3 Å². The molecule has 1 unspecified atom stereocenters. The quantitative estimate of drug-likeness (QED) is 0.794. The van der Waals surface area contributed by atoms with Gasteiger partial charge in [-0.25, -0.2) is 4.98 Å². The highest BCUT2D eigenvalue weighted by Gasteiger charge is 2.18. The van der Waals surface area contributed by atoms with E-state index >= 15 is 0 Å². The number of hydrogen-bond acceptors (Lipinski definition) is 6. The van der Waals surface area contributed by atoms with Crippen molar-refractivity contribution >= 4 is 17.7 Å². The largest absolute Gasteiger partial charge is 0.486 e. The highest BCUT2D eigenvalue weighted by atomic mass is 32.2. The van der Waals surface area contributed by atoms with Crippen molar-refractivity contribution in [1.82, 2.24) is 10.3 Å². The van der Waals surface area contributed by atoms with Crippen LogP contribution in [0.2, 0.25) is 0 Å². The highest BCUT2D eigenvalue weighted by Crippen LogP contribution is 2.33. The zero-order chi connectivity index (χ0) is 17.8. The number of aromatic nitrogens is 1. The lowest BCUT2D eigenvalue weighted by molar-refractivity contribution is -0.119. The number of carbonyl (C=O) groups excluding carboxylic acids is 1. The Kier molecular flexibility index (Phi) is 5.53. The second-order valence-corrected chi connectivity index (χ2v) is 6.77. The normalized spacial score (nSPS) is 14.2. The van der Waals surface area contributed by atoms with E-state index in [1.807, 2.05) is 39.0 Å². The van der Waals surface area contributed by atoms with E-state index in [-0.39, 0.29) is 17.7 Å². The maximum Gasteiger partial charge on any atom is 0.256 e. The Morgan fingerprint density at radius 1 is 1.28 bits per heavy atom. The molecule has 134 valence electrons. The molecule has 1 amide bonds. The summed E-state index contributed by atoms with van der Waals surface area (Å²) in [6, 6.07) is 5.73. The summed E-state index contributed by atoms with van der Waals surface area (Å²) in [7, 11) is 0. The van der Waals surface area contributed by atoms with Gasteiger partial charge in [0.15, 0.2) is 11.5 Å². The molecule has 1 aliphatic heterocycles. The first-order valence-corrected chi connectivity index (χ1v) is 9.31. The number of thioether (sulfide) groups is 1. The van der Waals surface area contributed by atoms with Gasteiger partial charge in [-0.05, 0) is 38.0 Å². The molecular formula is C18H22N2O4S. The van der Waals surface area contributed by atoms with Gasteiger partial charge < -0.3 is 19.2 Å². The summed E-state index contributed by atoms with van der Waals surface area (Å²) < 4.78 is 16.6. The molecule has 2 aromatic rings. The van der Waals surface area contributed by atoms with E-state index in [4.69, 9.17) is 13.9 Å². The van der Waals surface area contributed by atoms with Crippen LogP contribution in [-0.2, 0) is 4.79 Å². The summed E-state index contributed by atoms with van der Waals surface area (Å²) in [6.45, 7) is 6.90. The molecule has 2 heterocycles. The van der Waals surface area contributed by atoms with Gasteiger partial charge in [-0.1, -0.05) is 24.8 Å². The second-order valence-electron chi connectivity index (χ2n) is 5.84. The summed E-state index contributed by atoms with van der Waals surface area (Å²) in [5.74, 6) is 2.48. The van der Waals surface area contributed by atoms with E-state index < -0.39 is 0 Å². The number of nitrogens with one attached hydrogen (secondary N) is 1. The molecular weight excluding hydrogens is 340 g/mol. The smallest absolute Gasteiger partial charge is 0.256 e. The SMILES string of the molecule is CCC(NC(=O)CSc1nc(C)c(C)o1)c1ccc2c(c1)OCCO2. The van der Waals surface area contributed by atoms with E-state index in [0.29, 0.717) is 18.4 Å². The van der Waals surface area contributed by atoms with Crippen LogP contribution in [0.3, 0.4) is 0 Å². The lowest BCUT2D eigenvalue weighted by atomic mass is 10.0. The molecule has 0 spiro atoms. The minimum Gasteiger partial charge on any atom is -0.486 e. The van der Waals surface area contributed by atoms with Gasteiger partial charge in [0, 0.05) is 0 Å². The number of nitrogens with zero attached hydrogens (tertiary/aromatic N) is 1. The summed E-state index contributed by atoms with van der Waals surface area (Å²) in [5.41, 5.74) is 1.86. The maximum atomic E-state index is 12.3. The Morgan fingerprint density at radius 2 is 2.04 bits per heavy atom. The zero-order valence-corrected chi connectivity index (χ0v) is 15.4. The molecule has 0 radical (unpaired) electrons. The van der Waals surface area contributed by atoms with Crippen molar-refractivity contribution in [2.24, 2.45) is 0 Å². The van der Waals surface area contributed by atoms with Gasteiger partial charge in [0.05, 0.1) is 17.5 Å². The van der Waals surface area contributed by atoms with Gasteiger partial charge in [-0.15, -0.1) is 0 Å². The number of carbonyl (C=O) groups is 1. The van der Waals surface area contributed by atoms with E-state index in [0.717, 1.165) is 34.9 Å². The van der Waals surface area contributed by atoms with Crippen molar-refractivity contribution < 1.29 is 18.7 Å². The number of oxazole rings is 1. The van der Waals surface area contributed by atoms with Gasteiger partial charge in [0.2, 0.25) is 5.91 Å². The first-order valence-electron chi connectivity index (χ1n) is 8.32. The van der Waals surface area contributed by atoms with Crippen molar-refractivity contribution in [2.75, 3.05) is 19.0 Å². The molecule has 1 aliphatic rings. The molecule has 0 saturated carbocycles. The third-order valence-corrected chi connectivity index (χ3v) is 4.88. The summed E-state index contributed by atoms with van der Waals surface area (Å²) >= 11 is 1.30. The predicted octanol–water partition coefficient (Wildman–Crippen LogP) is 3.42. The van der Waals surface area contributed by atoms with Crippen molar-refractivity contribution in [3.63, 3.8) is 0 Å². The topological polar surface area (TPSA) is 73.6 Å². The summed E-state index contributed by atoms with van der Waals surface area (Å²) in [5, 5.41) is 3.58. The fraction of sp³-hybridized carbons (Fsp3) is 0.444. The Morgan fingerprint density at radius 3 is 2.72 bits per heavy atom. The fourth-order valence-corrected chi connectivity index (χ4v) is 3.29. The van der Waals surface area contributed by atoms with Gasteiger partial charge in [-0.2, -0.15) is 0 Å². The van der Waals surface area contributed by atoms with Crippen molar-refractivity contribution in [3.05, 3.63) is 35.2 Å². The van der Waals surface area contributed by atoms with Gasteiger partial charge in [0.25, 0.3) is 5.22 Å². The van der Waals surface area contributed by atoms with Gasteiger partial charge in [0.1, 0.15) is 19.0 Å². The molecule has 6 nitrogen and oxygen atoms in total. The number of ether oxygens (including phenoxy) is 2. The number of benzene rings is 1. The van der Waals surface area contributed by atoms with Crippen LogP contribution in [0.4, 0.5) is 0 Å². The number of fused-ring (bicyclic) bond motifs is 1.